The molecule has 1 amide bonds. The van der Waals surface area contributed by atoms with E-state index in [-0.39, 0.29) is 11.0 Å². The molecule has 1 aromatic carbocycles. The zero-order valence-electron chi connectivity index (χ0n) is 8.53. The van der Waals surface area contributed by atoms with Crippen molar-refractivity contribution in [1.29, 1.82) is 0 Å². The number of hydrogen-bond acceptors (Lipinski definition) is 4. The second kappa shape index (κ2) is 5.27. The van der Waals surface area contributed by atoms with Crippen molar-refractivity contribution in [2.45, 2.75) is 6.92 Å². The number of hydrazone groups is 1. The van der Waals surface area contributed by atoms with Gasteiger partial charge in [0.25, 0.3) is 0 Å². The van der Waals surface area contributed by atoms with Crippen LogP contribution in [0.4, 0.5) is 5.69 Å². The number of nitrogens with two attached hydrogens (primary N) is 1. The lowest BCUT2D eigenvalue weighted by atomic mass is 10.2. The molecule has 1 rings (SSSR count). The molecule has 0 saturated carbocycles. The average Bonchev–Trinajstić information content (AvgIpc) is 2.26. The summed E-state index contributed by atoms with van der Waals surface area (Å²) in [6.07, 6.45) is 0. The molecule has 0 aliphatic heterocycles. The first-order chi connectivity index (χ1) is 7.50. The predicted octanol–water partition coefficient (Wildman–Crippen LogP) is 1.34. The maximum absolute atomic E-state index is 10.8. The van der Waals surface area contributed by atoms with E-state index in [2.05, 4.69) is 10.5 Å². The largest absolute Gasteiger partial charge is 0.366 e. The van der Waals surface area contributed by atoms with E-state index < -0.39 is 5.91 Å². The van der Waals surface area contributed by atoms with E-state index in [1.165, 1.54) is 6.92 Å². The average molecular weight is 240 g/mol. The molecule has 0 radical (unpaired) electrons. The number of nitrogens with zero attached hydrogens (tertiary/aromatic N) is 1. The highest BCUT2D eigenvalue weighted by Gasteiger charge is 2.01. The number of amides is 1. The van der Waals surface area contributed by atoms with E-state index in [0.29, 0.717) is 11.3 Å². The van der Waals surface area contributed by atoms with Crippen molar-refractivity contribution in [3.8, 4) is 0 Å². The van der Waals surface area contributed by atoms with Crippen LogP contribution >= 0.6 is 11.6 Å². The molecule has 0 aliphatic rings. The number of halogens is 1. The van der Waals surface area contributed by atoms with Gasteiger partial charge in [0.15, 0.2) is 11.0 Å². The zero-order valence-corrected chi connectivity index (χ0v) is 9.28. The van der Waals surface area contributed by atoms with Crippen LogP contribution in [-0.2, 0) is 4.79 Å². The van der Waals surface area contributed by atoms with Crippen molar-refractivity contribution in [1.82, 2.24) is 0 Å². The molecule has 84 valence electrons. The van der Waals surface area contributed by atoms with Crippen LogP contribution in [0.25, 0.3) is 0 Å². The summed E-state index contributed by atoms with van der Waals surface area (Å²) in [6, 6.07) is 6.30. The molecule has 16 heavy (non-hydrogen) atoms. The van der Waals surface area contributed by atoms with Crippen molar-refractivity contribution in [3.63, 3.8) is 0 Å². The monoisotopic (exact) mass is 239 g/mol. The van der Waals surface area contributed by atoms with Gasteiger partial charge in [-0.1, -0.05) is 11.6 Å². The number of Topliss-reactive ketones (excluding diaryl/α,β-unsaturated/α-hetero) is 1. The first-order valence-electron chi connectivity index (χ1n) is 4.40. The number of nitrogens with one attached hydrogen (secondary N) is 1. The third-order valence-corrected chi connectivity index (χ3v) is 2.09. The Hall–Kier alpha value is -1.88. The lowest BCUT2D eigenvalue weighted by Crippen LogP contribution is -2.10. The van der Waals surface area contributed by atoms with Gasteiger partial charge in [0, 0.05) is 12.5 Å². The summed E-state index contributed by atoms with van der Waals surface area (Å²) in [5, 5.41) is 3.49. The van der Waals surface area contributed by atoms with Gasteiger partial charge >= 0.3 is 0 Å². The van der Waals surface area contributed by atoms with Gasteiger partial charge in [-0.05, 0) is 24.3 Å². The standard InChI is InChI=1S/C10H10ClN3O2/c1-6(15)9(11)14-13-8-4-2-7(3-5-8)10(12)16/h2-5,13H,1H3,(H2,12,16)/b14-9+. The van der Waals surface area contributed by atoms with E-state index in [1.54, 1.807) is 24.3 Å². The number of anilines is 1. The number of carbonyl (C=O) groups excluding carboxylic acids is 2. The minimum atomic E-state index is -0.503. The van der Waals surface area contributed by atoms with Crippen LogP contribution in [0.2, 0.25) is 0 Å². The number of hydrogen-bond donors (Lipinski definition) is 2. The maximum Gasteiger partial charge on any atom is 0.248 e. The second-order valence-corrected chi connectivity index (χ2v) is 3.37. The van der Waals surface area contributed by atoms with Crippen LogP contribution in [0.5, 0.6) is 0 Å². The van der Waals surface area contributed by atoms with Crippen LogP contribution < -0.4 is 11.2 Å². The van der Waals surface area contributed by atoms with E-state index in [0.717, 1.165) is 0 Å². The Balaban J connectivity index is 2.73. The van der Waals surface area contributed by atoms with Gasteiger partial charge < -0.3 is 5.73 Å². The van der Waals surface area contributed by atoms with Crippen molar-refractivity contribution in [3.05, 3.63) is 29.8 Å². The van der Waals surface area contributed by atoms with Crippen LogP contribution in [0.15, 0.2) is 29.4 Å². The van der Waals surface area contributed by atoms with Gasteiger partial charge in [-0.3, -0.25) is 15.0 Å². The molecule has 0 atom stereocenters. The Morgan fingerprint density at radius 1 is 1.31 bits per heavy atom. The topological polar surface area (TPSA) is 84.6 Å². The Bertz CT molecular complexity index is 440. The number of rotatable bonds is 4. The Morgan fingerprint density at radius 2 is 1.88 bits per heavy atom. The molecule has 0 aliphatic carbocycles. The van der Waals surface area contributed by atoms with Crippen molar-refractivity contribution in [2.75, 3.05) is 5.43 Å². The van der Waals surface area contributed by atoms with Gasteiger partial charge in [-0.15, -0.1) is 0 Å². The van der Waals surface area contributed by atoms with Crippen molar-refractivity contribution in [2.24, 2.45) is 10.8 Å². The molecule has 0 spiro atoms. The highest BCUT2D eigenvalue weighted by molar-refractivity contribution is 6.82. The first-order valence-corrected chi connectivity index (χ1v) is 4.78. The fraction of sp³-hybridized carbons (Fsp3) is 0.100. The molecule has 3 N–H and O–H groups in total. The summed E-state index contributed by atoms with van der Waals surface area (Å²) in [5.74, 6) is -0.834. The van der Waals surface area contributed by atoms with Crippen LogP contribution in [0, 0.1) is 0 Å². The van der Waals surface area contributed by atoms with Gasteiger partial charge in [0.2, 0.25) is 5.91 Å². The number of primary amides is 1. The Kier molecular flexibility index (Phi) is 4.02. The summed E-state index contributed by atoms with van der Waals surface area (Å²) in [6.45, 7) is 1.31. The molecule has 0 aromatic heterocycles. The van der Waals surface area contributed by atoms with E-state index in [1.807, 2.05) is 0 Å². The molecule has 5 nitrogen and oxygen atoms in total. The van der Waals surface area contributed by atoms with Crippen LogP contribution in [-0.4, -0.2) is 16.9 Å². The summed E-state index contributed by atoms with van der Waals surface area (Å²) in [4.78, 5) is 21.5. The van der Waals surface area contributed by atoms with E-state index in [9.17, 15) is 9.59 Å². The van der Waals surface area contributed by atoms with Gasteiger partial charge in [-0.25, -0.2) is 0 Å². The van der Waals surface area contributed by atoms with Crippen molar-refractivity contribution >= 4 is 34.1 Å². The Morgan fingerprint density at radius 3 is 2.31 bits per heavy atom. The molecule has 0 saturated heterocycles. The summed E-state index contributed by atoms with van der Waals surface area (Å²) in [7, 11) is 0. The molecule has 0 heterocycles. The predicted molar refractivity (Wildman–Crippen MR) is 62.6 cm³/mol. The molecule has 1 aromatic rings. The molecule has 0 fully saturated rings. The number of ketones is 1. The third kappa shape index (κ3) is 3.36. The Labute approximate surface area is 97.3 Å². The van der Waals surface area contributed by atoms with Gasteiger partial charge in [0.1, 0.15) is 0 Å². The summed E-state index contributed by atoms with van der Waals surface area (Å²) >= 11 is 5.51. The highest BCUT2D eigenvalue weighted by Crippen LogP contribution is 2.09. The molecular weight excluding hydrogens is 230 g/mol. The smallest absolute Gasteiger partial charge is 0.248 e. The zero-order chi connectivity index (χ0) is 12.1. The molecule has 0 bridgehead atoms. The minimum Gasteiger partial charge on any atom is -0.366 e. The lowest BCUT2D eigenvalue weighted by Gasteiger charge is -2.01. The van der Waals surface area contributed by atoms with Crippen molar-refractivity contribution < 1.29 is 9.59 Å². The molecular formula is C10H10ClN3O2. The highest BCUT2D eigenvalue weighted by atomic mass is 35.5. The van der Waals surface area contributed by atoms with Crippen LogP contribution in [0.1, 0.15) is 17.3 Å². The maximum atomic E-state index is 10.8. The minimum absolute atomic E-state index is 0.140. The van der Waals surface area contributed by atoms with E-state index in [4.69, 9.17) is 17.3 Å². The first kappa shape index (κ1) is 12.2. The van der Waals surface area contributed by atoms with Gasteiger partial charge in [-0.2, -0.15) is 5.10 Å². The third-order valence-electron chi connectivity index (χ3n) is 1.74. The normalized spacial score (nSPS) is 11.0. The second-order valence-electron chi connectivity index (χ2n) is 3.01. The summed E-state index contributed by atoms with van der Waals surface area (Å²) < 4.78 is 0. The fourth-order valence-electron chi connectivity index (χ4n) is 0.901. The quantitative estimate of drug-likeness (QED) is 0.614. The fourth-order valence-corrected chi connectivity index (χ4v) is 0.944. The summed E-state index contributed by atoms with van der Waals surface area (Å²) in [5.41, 5.74) is 8.64. The lowest BCUT2D eigenvalue weighted by molar-refractivity contribution is -0.110. The van der Waals surface area contributed by atoms with Gasteiger partial charge in [0.05, 0.1) is 5.69 Å². The molecule has 0 unspecified atom stereocenters. The molecule has 6 heteroatoms. The van der Waals surface area contributed by atoms with Crippen LogP contribution in [0.3, 0.4) is 0 Å². The number of carbonyl (C=O) groups is 2. The van der Waals surface area contributed by atoms with E-state index >= 15 is 0 Å². The SMILES string of the molecule is CC(=O)/C(Cl)=N\Nc1ccc(C(N)=O)cc1. The number of benzene rings is 1.